The molecule has 2 amide bonds. The first-order valence-electron chi connectivity index (χ1n) is 3.16. The molecule has 3 heteroatoms. The Hall–Kier alpha value is -0.730. The van der Waals surface area contributed by atoms with Crippen molar-refractivity contribution in [1.29, 1.82) is 0 Å². The molecule has 1 saturated heterocycles. The van der Waals surface area contributed by atoms with Crippen LogP contribution in [0.5, 0.6) is 0 Å². The fraction of sp³-hybridized carbons (Fsp3) is 0.667. The molecule has 1 aliphatic heterocycles. The second-order valence-corrected chi connectivity index (χ2v) is 2.07. The maximum atomic E-state index is 10.8. The highest BCUT2D eigenvalue weighted by Gasteiger charge is 2.13. The van der Waals surface area contributed by atoms with Crippen LogP contribution in [0.4, 0.5) is 4.79 Å². The molecule has 0 aliphatic carbocycles. The Morgan fingerprint density at radius 3 is 3.00 bits per heavy atom. The third-order valence-corrected chi connectivity index (χ3v) is 1.44. The Kier molecular flexibility index (Phi) is 1.92. The lowest BCUT2D eigenvalue weighted by atomic mass is 10.3. The minimum Gasteiger partial charge on any atom is -0.338 e. The van der Waals surface area contributed by atoms with Gasteiger partial charge in [-0.3, -0.25) is 0 Å². The van der Waals surface area contributed by atoms with Crippen molar-refractivity contribution in [2.24, 2.45) is 0 Å². The molecule has 0 aromatic carbocycles. The van der Waals surface area contributed by atoms with Crippen molar-refractivity contribution in [3.8, 4) is 0 Å². The molecule has 0 aromatic rings. The summed E-state index contributed by atoms with van der Waals surface area (Å²) in [6.07, 6.45) is 1.04. The van der Waals surface area contributed by atoms with Gasteiger partial charge in [-0.2, -0.15) is 0 Å². The van der Waals surface area contributed by atoms with E-state index in [4.69, 9.17) is 0 Å². The van der Waals surface area contributed by atoms with Crippen LogP contribution >= 0.6 is 0 Å². The van der Waals surface area contributed by atoms with Gasteiger partial charge in [-0.05, 0) is 13.3 Å². The predicted octanol–water partition coefficient (Wildman–Crippen LogP) is 0.236. The van der Waals surface area contributed by atoms with Gasteiger partial charge in [0.05, 0.1) is 0 Å². The van der Waals surface area contributed by atoms with Crippen molar-refractivity contribution >= 4 is 6.03 Å². The minimum absolute atomic E-state index is 0.0243. The molecule has 0 unspecified atom stereocenters. The number of urea groups is 1. The molecule has 0 saturated carbocycles. The van der Waals surface area contributed by atoms with E-state index in [1.807, 2.05) is 0 Å². The molecular weight excluding hydrogens is 116 g/mol. The average molecular weight is 127 g/mol. The lowest BCUT2D eigenvalue weighted by Gasteiger charge is -2.25. The van der Waals surface area contributed by atoms with Gasteiger partial charge >= 0.3 is 6.03 Å². The molecule has 1 N–H and O–H groups in total. The van der Waals surface area contributed by atoms with Gasteiger partial charge in [-0.1, -0.05) is 0 Å². The molecule has 0 aromatic heterocycles. The summed E-state index contributed by atoms with van der Waals surface area (Å²) in [6, 6.07) is 0.0243. The number of hydrogen-bond acceptors (Lipinski definition) is 1. The number of rotatable bonds is 1. The van der Waals surface area contributed by atoms with Crippen molar-refractivity contribution in [2.75, 3.05) is 19.6 Å². The van der Waals surface area contributed by atoms with E-state index in [9.17, 15) is 4.79 Å². The summed E-state index contributed by atoms with van der Waals surface area (Å²) < 4.78 is 0. The fourth-order valence-electron chi connectivity index (χ4n) is 0.892. The summed E-state index contributed by atoms with van der Waals surface area (Å²) in [5, 5.41) is 2.73. The largest absolute Gasteiger partial charge is 0.338 e. The molecule has 3 nitrogen and oxygen atoms in total. The zero-order valence-corrected chi connectivity index (χ0v) is 5.39. The first kappa shape index (κ1) is 6.39. The monoisotopic (exact) mass is 127 g/mol. The number of amides is 2. The van der Waals surface area contributed by atoms with Crippen molar-refractivity contribution in [3.05, 3.63) is 6.92 Å². The van der Waals surface area contributed by atoms with Crippen LogP contribution in [0.1, 0.15) is 6.42 Å². The van der Waals surface area contributed by atoms with E-state index in [0.717, 1.165) is 19.5 Å². The zero-order chi connectivity index (χ0) is 6.69. The SMILES string of the molecule is [CH2]CN1CCCNC1=O. The van der Waals surface area contributed by atoms with Crippen molar-refractivity contribution in [1.82, 2.24) is 10.2 Å². The average Bonchev–Trinajstić information content (AvgIpc) is 1.89. The van der Waals surface area contributed by atoms with Crippen molar-refractivity contribution in [2.45, 2.75) is 6.42 Å². The lowest BCUT2D eigenvalue weighted by molar-refractivity contribution is 0.192. The molecule has 1 aliphatic rings. The number of nitrogens with zero attached hydrogens (tertiary/aromatic N) is 1. The summed E-state index contributed by atoms with van der Waals surface area (Å²) in [6.45, 7) is 5.87. The quantitative estimate of drug-likeness (QED) is 0.537. The second-order valence-electron chi connectivity index (χ2n) is 2.07. The van der Waals surface area contributed by atoms with Gasteiger partial charge in [0, 0.05) is 19.6 Å². The highest BCUT2D eigenvalue weighted by atomic mass is 16.2. The second kappa shape index (κ2) is 2.71. The summed E-state index contributed by atoms with van der Waals surface area (Å²) in [4.78, 5) is 12.5. The van der Waals surface area contributed by atoms with E-state index in [0.29, 0.717) is 6.54 Å². The van der Waals surface area contributed by atoms with Crippen LogP contribution in [0, 0.1) is 6.92 Å². The van der Waals surface area contributed by atoms with E-state index in [1.165, 1.54) is 0 Å². The maximum Gasteiger partial charge on any atom is 0.317 e. The predicted molar refractivity (Wildman–Crippen MR) is 34.9 cm³/mol. The third-order valence-electron chi connectivity index (χ3n) is 1.44. The zero-order valence-electron chi connectivity index (χ0n) is 5.39. The molecular formula is C6H11N2O. The normalized spacial score (nSPS) is 19.7. The molecule has 1 radical (unpaired) electrons. The Bertz CT molecular complexity index is 114. The van der Waals surface area contributed by atoms with E-state index < -0.39 is 0 Å². The first-order chi connectivity index (χ1) is 4.34. The topological polar surface area (TPSA) is 32.3 Å². The van der Waals surface area contributed by atoms with Gasteiger partial charge < -0.3 is 10.2 Å². The number of carbonyl (C=O) groups is 1. The summed E-state index contributed by atoms with van der Waals surface area (Å²) in [7, 11) is 0. The van der Waals surface area contributed by atoms with Crippen LogP contribution in [-0.4, -0.2) is 30.6 Å². The Balaban J connectivity index is 2.39. The molecule has 0 bridgehead atoms. The fourth-order valence-corrected chi connectivity index (χ4v) is 0.892. The van der Waals surface area contributed by atoms with Crippen LogP contribution in [0.25, 0.3) is 0 Å². The summed E-state index contributed by atoms with van der Waals surface area (Å²) in [5.74, 6) is 0. The molecule has 1 rings (SSSR count). The summed E-state index contributed by atoms with van der Waals surface area (Å²) in [5.41, 5.74) is 0. The van der Waals surface area contributed by atoms with Gasteiger partial charge in [0.2, 0.25) is 0 Å². The number of nitrogens with one attached hydrogen (secondary N) is 1. The summed E-state index contributed by atoms with van der Waals surface area (Å²) >= 11 is 0. The van der Waals surface area contributed by atoms with Crippen LogP contribution in [0.2, 0.25) is 0 Å². The van der Waals surface area contributed by atoms with Crippen molar-refractivity contribution < 1.29 is 4.79 Å². The van der Waals surface area contributed by atoms with E-state index >= 15 is 0 Å². The van der Waals surface area contributed by atoms with Crippen LogP contribution in [0.15, 0.2) is 0 Å². The molecule has 0 atom stereocenters. The number of hydrogen-bond donors (Lipinski definition) is 1. The molecule has 9 heavy (non-hydrogen) atoms. The molecule has 51 valence electrons. The standard InChI is InChI=1S/C6H11N2O/c1-2-8-5-3-4-7-6(8)9/h1-5H2,(H,7,9). The van der Waals surface area contributed by atoms with Gasteiger partial charge in [0.25, 0.3) is 0 Å². The molecule has 0 spiro atoms. The Morgan fingerprint density at radius 1 is 1.78 bits per heavy atom. The maximum absolute atomic E-state index is 10.8. The van der Waals surface area contributed by atoms with Crippen LogP contribution < -0.4 is 5.32 Å². The molecule has 1 heterocycles. The molecule has 1 fully saturated rings. The van der Waals surface area contributed by atoms with Gasteiger partial charge in [-0.25, -0.2) is 4.79 Å². The van der Waals surface area contributed by atoms with E-state index in [-0.39, 0.29) is 6.03 Å². The van der Waals surface area contributed by atoms with Gasteiger partial charge in [-0.15, -0.1) is 0 Å². The van der Waals surface area contributed by atoms with Crippen LogP contribution in [0.3, 0.4) is 0 Å². The lowest BCUT2D eigenvalue weighted by Crippen LogP contribution is -2.46. The van der Waals surface area contributed by atoms with Crippen molar-refractivity contribution in [3.63, 3.8) is 0 Å². The minimum atomic E-state index is 0.0243. The van der Waals surface area contributed by atoms with Crippen LogP contribution in [-0.2, 0) is 0 Å². The smallest absolute Gasteiger partial charge is 0.317 e. The Morgan fingerprint density at radius 2 is 2.56 bits per heavy atom. The van der Waals surface area contributed by atoms with E-state index in [2.05, 4.69) is 12.2 Å². The van der Waals surface area contributed by atoms with Gasteiger partial charge in [0.15, 0.2) is 0 Å². The van der Waals surface area contributed by atoms with Gasteiger partial charge in [0.1, 0.15) is 0 Å². The highest BCUT2D eigenvalue weighted by Crippen LogP contribution is 1.96. The van der Waals surface area contributed by atoms with E-state index in [1.54, 1.807) is 4.90 Å². The first-order valence-corrected chi connectivity index (χ1v) is 3.16. The number of carbonyl (C=O) groups excluding carboxylic acids is 1. The third kappa shape index (κ3) is 1.34. The Labute approximate surface area is 55.0 Å². The highest BCUT2D eigenvalue weighted by molar-refractivity contribution is 5.74.